The summed E-state index contributed by atoms with van der Waals surface area (Å²) in [5, 5.41) is 1.71. The first-order chi connectivity index (χ1) is 7.00. The van der Waals surface area contributed by atoms with Crippen LogP contribution in [0.4, 0.5) is 0 Å². The van der Waals surface area contributed by atoms with E-state index in [2.05, 4.69) is 15.9 Å². The Balaban J connectivity index is 2.27. The Bertz CT molecular complexity index is 459. The normalized spacial score (nSPS) is 23.5. The van der Waals surface area contributed by atoms with Crippen LogP contribution in [0.15, 0.2) is 20.1 Å². The minimum atomic E-state index is -3.31. The van der Waals surface area contributed by atoms with E-state index in [0.717, 1.165) is 10.9 Å². The van der Waals surface area contributed by atoms with E-state index >= 15 is 0 Å². The molecule has 84 valence electrons. The molecule has 1 unspecified atom stereocenters. The van der Waals surface area contributed by atoms with Crippen molar-refractivity contribution in [2.45, 2.75) is 16.0 Å². The molecule has 15 heavy (non-hydrogen) atoms. The van der Waals surface area contributed by atoms with E-state index in [4.69, 9.17) is 11.6 Å². The van der Waals surface area contributed by atoms with Gasteiger partial charge in [0.15, 0.2) is 0 Å². The second-order valence-electron chi connectivity index (χ2n) is 3.33. The Labute approximate surface area is 106 Å². The van der Waals surface area contributed by atoms with E-state index in [1.807, 2.05) is 0 Å². The van der Waals surface area contributed by atoms with Crippen LogP contribution in [0, 0.1) is 0 Å². The van der Waals surface area contributed by atoms with Crippen LogP contribution in [0.25, 0.3) is 0 Å². The van der Waals surface area contributed by atoms with Crippen LogP contribution in [-0.2, 0) is 10.0 Å². The molecule has 1 fully saturated rings. The number of rotatable bonds is 2. The summed E-state index contributed by atoms with van der Waals surface area (Å²) < 4.78 is 26.7. The summed E-state index contributed by atoms with van der Waals surface area (Å²) in [4.78, 5) is 0. The predicted molar refractivity (Wildman–Crippen MR) is 65.0 cm³/mol. The molecule has 1 aromatic heterocycles. The molecule has 0 spiro atoms. The molecule has 1 atom stereocenters. The van der Waals surface area contributed by atoms with E-state index in [1.165, 1.54) is 15.6 Å². The maximum Gasteiger partial charge on any atom is 0.252 e. The van der Waals surface area contributed by atoms with Gasteiger partial charge in [-0.15, -0.1) is 22.9 Å². The standard InChI is InChI=1S/C8H9BrClNO2S2/c9-6-3-8(14-5-6)15(12,13)11-2-1-7(10)4-11/h3,5,7H,1-2,4H2. The van der Waals surface area contributed by atoms with Crippen molar-refractivity contribution in [2.24, 2.45) is 0 Å². The zero-order valence-corrected chi connectivity index (χ0v) is 11.7. The Hall–Kier alpha value is 0.380. The molecule has 2 rings (SSSR count). The van der Waals surface area contributed by atoms with Gasteiger partial charge < -0.3 is 0 Å². The Kier molecular flexibility index (Phi) is 3.42. The summed E-state index contributed by atoms with van der Waals surface area (Å²) in [6.45, 7) is 0.936. The van der Waals surface area contributed by atoms with Gasteiger partial charge in [0.25, 0.3) is 10.0 Å². The van der Waals surface area contributed by atoms with E-state index in [1.54, 1.807) is 11.4 Å². The number of thiophene rings is 1. The second-order valence-corrected chi connectivity index (χ2v) is 7.94. The molecule has 0 bridgehead atoms. The molecule has 7 heteroatoms. The molecule has 2 heterocycles. The minimum Gasteiger partial charge on any atom is -0.206 e. The molecule has 1 aliphatic heterocycles. The lowest BCUT2D eigenvalue weighted by Gasteiger charge is -2.13. The summed E-state index contributed by atoms with van der Waals surface area (Å²) >= 11 is 10.4. The van der Waals surface area contributed by atoms with Gasteiger partial charge in [-0.2, -0.15) is 4.31 Å². The van der Waals surface area contributed by atoms with Gasteiger partial charge in [0.2, 0.25) is 0 Å². The molecular formula is C8H9BrClNO2S2. The van der Waals surface area contributed by atoms with Crippen LogP contribution in [-0.4, -0.2) is 31.2 Å². The van der Waals surface area contributed by atoms with Crippen LogP contribution < -0.4 is 0 Å². The first-order valence-electron chi connectivity index (χ1n) is 4.38. The molecule has 0 radical (unpaired) electrons. The zero-order valence-electron chi connectivity index (χ0n) is 7.69. The van der Waals surface area contributed by atoms with Gasteiger partial charge in [-0.05, 0) is 28.4 Å². The quantitative estimate of drug-likeness (QED) is 0.781. The highest BCUT2D eigenvalue weighted by Crippen LogP contribution is 2.29. The number of hydrogen-bond acceptors (Lipinski definition) is 3. The highest BCUT2D eigenvalue weighted by atomic mass is 79.9. The van der Waals surface area contributed by atoms with Gasteiger partial charge in [0, 0.05) is 28.3 Å². The molecule has 0 amide bonds. The molecule has 0 aliphatic carbocycles. The van der Waals surface area contributed by atoms with Crippen LogP contribution in [0.2, 0.25) is 0 Å². The van der Waals surface area contributed by atoms with Gasteiger partial charge in [-0.1, -0.05) is 0 Å². The molecule has 0 saturated carbocycles. The van der Waals surface area contributed by atoms with Gasteiger partial charge in [-0.3, -0.25) is 0 Å². The van der Waals surface area contributed by atoms with Crippen molar-refractivity contribution in [3.8, 4) is 0 Å². The Morgan fingerprint density at radius 3 is 2.80 bits per heavy atom. The van der Waals surface area contributed by atoms with Crippen molar-refractivity contribution >= 4 is 48.9 Å². The Morgan fingerprint density at radius 1 is 1.60 bits per heavy atom. The molecule has 1 saturated heterocycles. The maximum atomic E-state index is 12.1. The summed E-state index contributed by atoms with van der Waals surface area (Å²) in [6.07, 6.45) is 0.729. The fourth-order valence-corrected chi connectivity index (χ4v) is 5.31. The third-order valence-corrected chi connectivity index (χ3v) is 6.63. The summed E-state index contributed by atoms with van der Waals surface area (Å²) in [7, 11) is -3.31. The molecule has 1 aliphatic rings. The van der Waals surface area contributed by atoms with Crippen molar-refractivity contribution in [2.75, 3.05) is 13.1 Å². The lowest BCUT2D eigenvalue weighted by molar-refractivity contribution is 0.479. The second kappa shape index (κ2) is 4.33. The van der Waals surface area contributed by atoms with Gasteiger partial charge in [0.1, 0.15) is 4.21 Å². The number of sulfonamides is 1. The number of alkyl halides is 1. The molecular weight excluding hydrogens is 322 g/mol. The first-order valence-corrected chi connectivity index (χ1v) is 7.93. The van der Waals surface area contributed by atoms with Crippen LogP contribution >= 0.6 is 38.9 Å². The monoisotopic (exact) mass is 329 g/mol. The van der Waals surface area contributed by atoms with E-state index in [-0.39, 0.29) is 5.38 Å². The third kappa shape index (κ3) is 2.39. The summed E-state index contributed by atoms with van der Waals surface area (Å²) in [5.41, 5.74) is 0. The maximum absolute atomic E-state index is 12.1. The molecule has 1 aromatic rings. The Morgan fingerprint density at radius 2 is 2.33 bits per heavy atom. The number of halogens is 2. The van der Waals surface area contributed by atoms with Crippen LogP contribution in [0.1, 0.15) is 6.42 Å². The first kappa shape index (κ1) is 11.9. The third-order valence-electron chi connectivity index (χ3n) is 2.23. The molecule has 0 N–H and O–H groups in total. The zero-order chi connectivity index (χ0) is 11.1. The van der Waals surface area contributed by atoms with E-state index < -0.39 is 10.0 Å². The number of nitrogens with zero attached hydrogens (tertiary/aromatic N) is 1. The van der Waals surface area contributed by atoms with Gasteiger partial charge in [0.05, 0.1) is 0 Å². The van der Waals surface area contributed by atoms with Crippen LogP contribution in [0.3, 0.4) is 0 Å². The summed E-state index contributed by atoms with van der Waals surface area (Å²) in [5.74, 6) is 0. The molecule has 3 nitrogen and oxygen atoms in total. The predicted octanol–water partition coefficient (Wildman–Crippen LogP) is 2.51. The lowest BCUT2D eigenvalue weighted by atomic mass is 10.4. The highest BCUT2D eigenvalue weighted by molar-refractivity contribution is 9.10. The minimum absolute atomic E-state index is 0.0526. The largest absolute Gasteiger partial charge is 0.252 e. The lowest BCUT2D eigenvalue weighted by Crippen LogP contribution is -2.28. The summed E-state index contributed by atoms with van der Waals surface area (Å²) in [6, 6.07) is 1.63. The van der Waals surface area contributed by atoms with Crippen molar-refractivity contribution < 1.29 is 8.42 Å². The van der Waals surface area contributed by atoms with Crippen LogP contribution in [0.5, 0.6) is 0 Å². The average Bonchev–Trinajstić information content (AvgIpc) is 2.74. The smallest absolute Gasteiger partial charge is 0.206 e. The van der Waals surface area contributed by atoms with E-state index in [9.17, 15) is 8.42 Å². The van der Waals surface area contributed by atoms with Crippen molar-refractivity contribution in [3.63, 3.8) is 0 Å². The van der Waals surface area contributed by atoms with E-state index in [0.29, 0.717) is 17.3 Å². The SMILES string of the molecule is O=S(=O)(c1cc(Br)cs1)N1CCC(Cl)C1. The topological polar surface area (TPSA) is 37.4 Å². The highest BCUT2D eigenvalue weighted by Gasteiger charge is 2.32. The van der Waals surface area contributed by atoms with Crippen molar-refractivity contribution in [1.82, 2.24) is 4.31 Å². The average molecular weight is 331 g/mol. The fraction of sp³-hybridized carbons (Fsp3) is 0.500. The van der Waals surface area contributed by atoms with Crippen molar-refractivity contribution in [3.05, 3.63) is 15.9 Å². The number of hydrogen-bond donors (Lipinski definition) is 0. The fourth-order valence-electron chi connectivity index (χ4n) is 1.46. The van der Waals surface area contributed by atoms with Gasteiger partial charge in [-0.25, -0.2) is 8.42 Å². The van der Waals surface area contributed by atoms with Gasteiger partial charge >= 0.3 is 0 Å². The van der Waals surface area contributed by atoms with Crippen molar-refractivity contribution in [1.29, 1.82) is 0 Å². The molecule has 0 aromatic carbocycles.